The third-order valence-electron chi connectivity index (χ3n) is 2.29. The van der Waals surface area contributed by atoms with E-state index in [-0.39, 0.29) is 0 Å². The molecule has 0 amide bonds. The summed E-state index contributed by atoms with van der Waals surface area (Å²) >= 11 is 0. The van der Waals surface area contributed by atoms with E-state index in [1.54, 1.807) is 0 Å². The summed E-state index contributed by atoms with van der Waals surface area (Å²) in [5.74, 6) is -3.58. The van der Waals surface area contributed by atoms with Gasteiger partial charge in [0.15, 0.2) is 0 Å². The molecule has 0 atom stereocenters. The van der Waals surface area contributed by atoms with E-state index in [2.05, 4.69) is 9.68 Å². The SMILES string of the molecule is O=C(O)c1cc(-c2cccc(F)c2C(F)(F)F)no1. The lowest BCUT2D eigenvalue weighted by molar-refractivity contribution is -0.139. The van der Waals surface area contributed by atoms with Crippen molar-refractivity contribution in [1.82, 2.24) is 5.16 Å². The van der Waals surface area contributed by atoms with Crippen LogP contribution in [0, 0.1) is 5.82 Å². The highest BCUT2D eigenvalue weighted by Crippen LogP contribution is 2.38. The van der Waals surface area contributed by atoms with Crippen molar-refractivity contribution >= 4 is 5.97 Å². The Hall–Kier alpha value is -2.38. The molecule has 0 saturated heterocycles. The molecule has 0 aliphatic rings. The van der Waals surface area contributed by atoms with Gasteiger partial charge in [0, 0.05) is 11.6 Å². The molecule has 2 rings (SSSR count). The minimum absolute atomic E-state index is 0.399. The van der Waals surface area contributed by atoms with Gasteiger partial charge in [0.25, 0.3) is 0 Å². The topological polar surface area (TPSA) is 63.3 Å². The first-order chi connectivity index (χ1) is 8.80. The van der Waals surface area contributed by atoms with Crippen LogP contribution in [0.25, 0.3) is 11.3 Å². The number of rotatable bonds is 2. The van der Waals surface area contributed by atoms with Gasteiger partial charge >= 0.3 is 12.1 Å². The Morgan fingerprint density at radius 3 is 2.53 bits per heavy atom. The van der Waals surface area contributed by atoms with Crippen LogP contribution in [0.1, 0.15) is 16.1 Å². The monoisotopic (exact) mass is 275 g/mol. The molecule has 19 heavy (non-hydrogen) atoms. The molecular weight excluding hydrogens is 270 g/mol. The molecule has 1 aromatic carbocycles. The Kier molecular flexibility index (Phi) is 3.01. The first-order valence-corrected chi connectivity index (χ1v) is 4.87. The third kappa shape index (κ3) is 2.42. The molecule has 0 spiro atoms. The van der Waals surface area contributed by atoms with Gasteiger partial charge in [0.2, 0.25) is 5.76 Å². The fourth-order valence-corrected chi connectivity index (χ4v) is 1.53. The van der Waals surface area contributed by atoms with Gasteiger partial charge in [-0.2, -0.15) is 13.2 Å². The minimum Gasteiger partial charge on any atom is -0.475 e. The second-order valence-corrected chi connectivity index (χ2v) is 3.54. The Balaban J connectivity index is 2.62. The van der Waals surface area contributed by atoms with Crippen LogP contribution >= 0.6 is 0 Å². The second kappa shape index (κ2) is 4.38. The summed E-state index contributed by atoms with van der Waals surface area (Å²) in [7, 11) is 0. The van der Waals surface area contributed by atoms with Crippen LogP contribution in [-0.2, 0) is 6.18 Å². The van der Waals surface area contributed by atoms with Gasteiger partial charge in [-0.25, -0.2) is 9.18 Å². The zero-order chi connectivity index (χ0) is 14.2. The number of aromatic carboxylic acids is 1. The highest BCUT2D eigenvalue weighted by Gasteiger charge is 2.37. The van der Waals surface area contributed by atoms with Crippen molar-refractivity contribution in [2.75, 3.05) is 0 Å². The molecule has 1 N–H and O–H groups in total. The average molecular weight is 275 g/mol. The van der Waals surface area contributed by atoms with Gasteiger partial charge in [0.1, 0.15) is 17.1 Å². The van der Waals surface area contributed by atoms with Gasteiger partial charge in [-0.05, 0) is 6.07 Å². The number of carboxylic acid groups (broad SMARTS) is 1. The molecule has 0 saturated carbocycles. The molecule has 2 aromatic rings. The fourth-order valence-electron chi connectivity index (χ4n) is 1.53. The Morgan fingerprint density at radius 2 is 2.00 bits per heavy atom. The van der Waals surface area contributed by atoms with E-state index in [1.165, 1.54) is 0 Å². The highest BCUT2D eigenvalue weighted by atomic mass is 19.4. The smallest absolute Gasteiger partial charge is 0.419 e. The lowest BCUT2D eigenvalue weighted by Gasteiger charge is -2.11. The number of alkyl halides is 3. The molecule has 0 aliphatic heterocycles. The molecule has 0 fully saturated rings. The number of benzene rings is 1. The average Bonchev–Trinajstić information content (AvgIpc) is 2.75. The van der Waals surface area contributed by atoms with Crippen molar-refractivity contribution < 1.29 is 32.0 Å². The number of carbonyl (C=O) groups is 1. The first-order valence-electron chi connectivity index (χ1n) is 4.87. The number of nitrogens with zero attached hydrogens (tertiary/aromatic N) is 1. The number of hydrogen-bond donors (Lipinski definition) is 1. The number of halogens is 4. The van der Waals surface area contributed by atoms with Crippen LogP contribution in [-0.4, -0.2) is 16.2 Å². The summed E-state index contributed by atoms with van der Waals surface area (Å²) in [5, 5.41) is 11.8. The molecule has 8 heteroatoms. The summed E-state index contributed by atoms with van der Waals surface area (Å²) in [4.78, 5) is 10.6. The van der Waals surface area contributed by atoms with E-state index in [0.29, 0.717) is 6.07 Å². The van der Waals surface area contributed by atoms with Crippen LogP contribution < -0.4 is 0 Å². The molecule has 1 heterocycles. The zero-order valence-electron chi connectivity index (χ0n) is 9.03. The predicted molar refractivity (Wildman–Crippen MR) is 53.9 cm³/mol. The fraction of sp³-hybridized carbons (Fsp3) is 0.0909. The maximum absolute atomic E-state index is 13.3. The van der Waals surface area contributed by atoms with Crippen LogP contribution in [0.4, 0.5) is 17.6 Å². The van der Waals surface area contributed by atoms with Crippen molar-refractivity contribution in [3.05, 3.63) is 41.4 Å². The maximum Gasteiger partial charge on any atom is 0.419 e. The second-order valence-electron chi connectivity index (χ2n) is 3.54. The van der Waals surface area contributed by atoms with Gasteiger partial charge in [0.05, 0.1) is 0 Å². The quantitative estimate of drug-likeness (QED) is 0.855. The van der Waals surface area contributed by atoms with Crippen molar-refractivity contribution in [2.45, 2.75) is 6.18 Å². The van der Waals surface area contributed by atoms with Crippen molar-refractivity contribution in [3.63, 3.8) is 0 Å². The van der Waals surface area contributed by atoms with Gasteiger partial charge in [-0.3, -0.25) is 0 Å². The lowest BCUT2D eigenvalue weighted by Crippen LogP contribution is -2.10. The van der Waals surface area contributed by atoms with Crippen molar-refractivity contribution in [1.29, 1.82) is 0 Å². The Labute approximate surface area is 103 Å². The molecular formula is C11H5F4NO3. The third-order valence-corrected chi connectivity index (χ3v) is 2.29. The molecule has 0 aliphatic carbocycles. The largest absolute Gasteiger partial charge is 0.475 e. The lowest BCUT2D eigenvalue weighted by atomic mass is 10.0. The zero-order valence-corrected chi connectivity index (χ0v) is 9.03. The van der Waals surface area contributed by atoms with Gasteiger partial charge in [-0.15, -0.1) is 0 Å². The van der Waals surface area contributed by atoms with Crippen LogP contribution in [0.5, 0.6) is 0 Å². The van der Waals surface area contributed by atoms with E-state index < -0.39 is 40.5 Å². The van der Waals surface area contributed by atoms with E-state index in [0.717, 1.165) is 18.2 Å². The van der Waals surface area contributed by atoms with Gasteiger partial charge < -0.3 is 9.63 Å². The Morgan fingerprint density at radius 1 is 1.32 bits per heavy atom. The maximum atomic E-state index is 13.3. The summed E-state index contributed by atoms with van der Waals surface area (Å²) in [6.45, 7) is 0. The number of hydrogen-bond acceptors (Lipinski definition) is 3. The molecule has 0 radical (unpaired) electrons. The summed E-state index contributed by atoms with van der Waals surface area (Å²) < 4.78 is 55.9. The Bertz CT molecular complexity index is 633. The molecule has 100 valence electrons. The van der Waals surface area contributed by atoms with E-state index in [4.69, 9.17) is 5.11 Å². The molecule has 0 bridgehead atoms. The summed E-state index contributed by atoms with van der Waals surface area (Å²) in [6.07, 6.45) is -4.93. The number of carboxylic acids is 1. The van der Waals surface area contributed by atoms with E-state index >= 15 is 0 Å². The van der Waals surface area contributed by atoms with Crippen LogP contribution in [0.3, 0.4) is 0 Å². The van der Waals surface area contributed by atoms with E-state index in [1.807, 2.05) is 0 Å². The highest BCUT2D eigenvalue weighted by molar-refractivity contribution is 5.85. The molecule has 4 nitrogen and oxygen atoms in total. The standard InChI is InChI=1S/C11H5F4NO3/c12-6-3-1-2-5(9(6)11(13,14)15)7-4-8(10(17)18)19-16-7/h1-4H,(H,17,18). The molecule has 0 unspecified atom stereocenters. The van der Waals surface area contributed by atoms with Crippen molar-refractivity contribution in [2.24, 2.45) is 0 Å². The van der Waals surface area contributed by atoms with Gasteiger partial charge in [-0.1, -0.05) is 17.3 Å². The van der Waals surface area contributed by atoms with Crippen LogP contribution in [0.2, 0.25) is 0 Å². The molecule has 1 aromatic heterocycles. The first kappa shape index (κ1) is 13.1. The number of aromatic nitrogens is 1. The predicted octanol–water partition coefficient (Wildman–Crippen LogP) is 3.20. The normalized spacial score (nSPS) is 11.6. The van der Waals surface area contributed by atoms with Crippen LogP contribution in [0.15, 0.2) is 28.8 Å². The minimum atomic E-state index is -4.93. The van der Waals surface area contributed by atoms with E-state index in [9.17, 15) is 22.4 Å². The summed E-state index contributed by atoms with van der Waals surface area (Å²) in [5.41, 5.74) is -2.49. The summed E-state index contributed by atoms with van der Waals surface area (Å²) in [6, 6.07) is 3.50. The van der Waals surface area contributed by atoms with Crippen molar-refractivity contribution in [3.8, 4) is 11.3 Å².